The third-order valence-electron chi connectivity index (χ3n) is 4.64. The Morgan fingerprint density at radius 2 is 1.79 bits per heavy atom. The van der Waals surface area contributed by atoms with Crippen molar-refractivity contribution < 1.29 is 19.0 Å². The molecule has 0 saturated carbocycles. The minimum absolute atomic E-state index is 0.0967. The lowest BCUT2D eigenvalue weighted by Gasteiger charge is -2.16. The number of nitrogens with one attached hydrogen (secondary N) is 1. The van der Waals surface area contributed by atoms with E-state index in [0.29, 0.717) is 30.9 Å². The fraction of sp³-hybridized carbons (Fsp3) is 0.375. The Bertz CT molecular complexity index is 824. The predicted molar refractivity (Wildman–Crippen MR) is 114 cm³/mol. The molecule has 2 aromatic rings. The van der Waals surface area contributed by atoms with Gasteiger partial charge >= 0.3 is 0 Å². The highest BCUT2D eigenvalue weighted by molar-refractivity contribution is 5.80. The van der Waals surface area contributed by atoms with Gasteiger partial charge in [-0.15, -0.1) is 6.42 Å². The summed E-state index contributed by atoms with van der Waals surface area (Å²) in [6, 6.07) is 14.0. The Kier molecular flexibility index (Phi) is 9.07. The highest BCUT2D eigenvalue weighted by atomic mass is 16.5. The molecular formula is C24H29NO4. The standard InChI is InChI=1S/C24H29NO4/c1-5-16-29-21-12-11-20(17-23(21)28-4)14-15-25-24(26)22(27-3)13-10-19-8-6-18(2)7-9-19/h1,6-9,11-12,17,22H,10,13-16H2,2-4H3,(H,25,26)/t22-/m0/s1. The molecule has 29 heavy (non-hydrogen) atoms. The number of terminal acetylenes is 1. The minimum atomic E-state index is -0.467. The van der Waals surface area contributed by atoms with E-state index in [9.17, 15) is 4.79 Å². The summed E-state index contributed by atoms with van der Waals surface area (Å²) in [5.41, 5.74) is 3.45. The van der Waals surface area contributed by atoms with Crippen LogP contribution in [0, 0.1) is 19.3 Å². The van der Waals surface area contributed by atoms with Crippen LogP contribution in [0.25, 0.3) is 0 Å². The summed E-state index contributed by atoms with van der Waals surface area (Å²) in [7, 11) is 3.15. The zero-order valence-electron chi connectivity index (χ0n) is 17.4. The van der Waals surface area contributed by atoms with Crippen molar-refractivity contribution in [2.45, 2.75) is 32.3 Å². The van der Waals surface area contributed by atoms with Crippen LogP contribution in [0.4, 0.5) is 0 Å². The van der Waals surface area contributed by atoms with Crippen molar-refractivity contribution in [2.75, 3.05) is 27.4 Å². The molecule has 2 rings (SSSR count). The Balaban J connectivity index is 1.82. The van der Waals surface area contributed by atoms with Gasteiger partial charge in [0.05, 0.1) is 7.11 Å². The van der Waals surface area contributed by atoms with Crippen molar-refractivity contribution >= 4 is 5.91 Å². The summed E-state index contributed by atoms with van der Waals surface area (Å²) in [6.45, 7) is 2.76. The average Bonchev–Trinajstić information content (AvgIpc) is 2.74. The molecule has 0 spiro atoms. The highest BCUT2D eigenvalue weighted by Crippen LogP contribution is 2.28. The lowest BCUT2D eigenvalue weighted by Crippen LogP contribution is -2.37. The molecule has 2 aromatic carbocycles. The van der Waals surface area contributed by atoms with E-state index in [-0.39, 0.29) is 12.5 Å². The maximum Gasteiger partial charge on any atom is 0.249 e. The fourth-order valence-corrected chi connectivity index (χ4v) is 2.96. The fourth-order valence-electron chi connectivity index (χ4n) is 2.96. The van der Waals surface area contributed by atoms with Crippen LogP contribution < -0.4 is 14.8 Å². The van der Waals surface area contributed by atoms with Crippen molar-refractivity contribution in [1.29, 1.82) is 0 Å². The first-order valence-electron chi connectivity index (χ1n) is 9.66. The van der Waals surface area contributed by atoms with Crippen LogP contribution in [-0.4, -0.2) is 39.4 Å². The zero-order chi connectivity index (χ0) is 21.1. The topological polar surface area (TPSA) is 56.8 Å². The van der Waals surface area contributed by atoms with E-state index in [2.05, 4.69) is 42.4 Å². The van der Waals surface area contributed by atoms with Crippen LogP contribution in [0.2, 0.25) is 0 Å². The van der Waals surface area contributed by atoms with Gasteiger partial charge in [-0.3, -0.25) is 4.79 Å². The summed E-state index contributed by atoms with van der Waals surface area (Å²) in [5.74, 6) is 3.56. The number of aryl methyl sites for hydroxylation is 2. The van der Waals surface area contributed by atoms with Crippen LogP contribution >= 0.6 is 0 Å². The lowest BCUT2D eigenvalue weighted by molar-refractivity contribution is -0.131. The number of hydrogen-bond acceptors (Lipinski definition) is 4. The van der Waals surface area contributed by atoms with Crippen LogP contribution in [0.1, 0.15) is 23.1 Å². The predicted octanol–water partition coefficient (Wildman–Crippen LogP) is 3.32. The van der Waals surface area contributed by atoms with Crippen molar-refractivity contribution in [1.82, 2.24) is 5.32 Å². The van der Waals surface area contributed by atoms with Crippen LogP contribution in [0.3, 0.4) is 0 Å². The first kappa shape index (κ1) is 22.3. The Morgan fingerprint density at radius 3 is 2.45 bits per heavy atom. The maximum absolute atomic E-state index is 12.4. The molecular weight excluding hydrogens is 366 g/mol. The smallest absolute Gasteiger partial charge is 0.249 e. The van der Waals surface area contributed by atoms with E-state index in [4.69, 9.17) is 20.6 Å². The molecule has 0 heterocycles. The van der Waals surface area contributed by atoms with E-state index in [0.717, 1.165) is 12.0 Å². The molecule has 0 aliphatic carbocycles. The molecule has 5 nitrogen and oxygen atoms in total. The normalized spacial score (nSPS) is 11.4. The summed E-state index contributed by atoms with van der Waals surface area (Å²) < 4.78 is 16.2. The number of methoxy groups -OCH3 is 2. The molecule has 1 amide bonds. The molecule has 154 valence electrons. The van der Waals surface area contributed by atoms with Gasteiger partial charge in [0.25, 0.3) is 0 Å². The molecule has 0 radical (unpaired) electrons. The first-order valence-corrected chi connectivity index (χ1v) is 9.66. The van der Waals surface area contributed by atoms with E-state index in [1.807, 2.05) is 18.2 Å². The summed E-state index contributed by atoms with van der Waals surface area (Å²) in [6.07, 6.45) is 6.86. The van der Waals surface area contributed by atoms with Gasteiger partial charge in [0.2, 0.25) is 5.91 Å². The zero-order valence-corrected chi connectivity index (χ0v) is 17.4. The van der Waals surface area contributed by atoms with Crippen LogP contribution in [0.15, 0.2) is 42.5 Å². The van der Waals surface area contributed by atoms with Gasteiger partial charge in [-0.2, -0.15) is 0 Å². The van der Waals surface area contributed by atoms with Crippen molar-refractivity contribution in [2.24, 2.45) is 0 Å². The SMILES string of the molecule is C#CCOc1ccc(CCNC(=O)[C@H](CCc2ccc(C)cc2)OC)cc1OC. The number of benzene rings is 2. The first-order chi connectivity index (χ1) is 14.1. The van der Waals surface area contributed by atoms with Gasteiger partial charge in [-0.25, -0.2) is 0 Å². The molecule has 0 aliphatic heterocycles. The molecule has 0 unspecified atom stereocenters. The van der Waals surface area contributed by atoms with Crippen LogP contribution in [0.5, 0.6) is 11.5 Å². The second kappa shape index (κ2) is 11.8. The molecule has 5 heteroatoms. The molecule has 0 saturated heterocycles. The number of carbonyl (C=O) groups excluding carboxylic acids is 1. The minimum Gasteiger partial charge on any atom is -0.493 e. The van der Waals surface area contributed by atoms with Crippen molar-refractivity contribution in [3.63, 3.8) is 0 Å². The van der Waals surface area contributed by atoms with Gasteiger partial charge in [0.1, 0.15) is 12.7 Å². The lowest BCUT2D eigenvalue weighted by atomic mass is 10.0. The Labute approximate surface area is 173 Å². The number of amides is 1. The largest absolute Gasteiger partial charge is 0.493 e. The van der Waals surface area contributed by atoms with Gasteiger partial charge in [0.15, 0.2) is 11.5 Å². The van der Waals surface area contributed by atoms with E-state index in [1.165, 1.54) is 11.1 Å². The van der Waals surface area contributed by atoms with Crippen LogP contribution in [-0.2, 0) is 22.4 Å². The Hall–Kier alpha value is -2.97. The third kappa shape index (κ3) is 7.17. The summed E-state index contributed by atoms with van der Waals surface area (Å²) in [4.78, 5) is 12.4. The highest BCUT2D eigenvalue weighted by Gasteiger charge is 2.17. The molecule has 0 bridgehead atoms. The molecule has 1 atom stereocenters. The van der Waals surface area contributed by atoms with E-state index < -0.39 is 6.10 Å². The molecule has 0 aliphatic rings. The van der Waals surface area contributed by atoms with E-state index in [1.54, 1.807) is 14.2 Å². The molecule has 1 N–H and O–H groups in total. The van der Waals surface area contributed by atoms with Gasteiger partial charge in [-0.05, 0) is 49.4 Å². The molecule has 0 aromatic heterocycles. The summed E-state index contributed by atoms with van der Waals surface area (Å²) in [5, 5.41) is 2.95. The quantitative estimate of drug-likeness (QED) is 0.593. The molecule has 0 fully saturated rings. The van der Waals surface area contributed by atoms with Crippen molar-refractivity contribution in [3.05, 3.63) is 59.2 Å². The number of hydrogen-bond donors (Lipinski definition) is 1. The van der Waals surface area contributed by atoms with Gasteiger partial charge < -0.3 is 19.5 Å². The third-order valence-corrected chi connectivity index (χ3v) is 4.64. The monoisotopic (exact) mass is 395 g/mol. The Morgan fingerprint density at radius 1 is 1.07 bits per heavy atom. The number of rotatable bonds is 11. The maximum atomic E-state index is 12.4. The second-order valence-corrected chi connectivity index (χ2v) is 6.77. The van der Waals surface area contributed by atoms with Gasteiger partial charge in [-0.1, -0.05) is 41.8 Å². The number of ether oxygens (including phenoxy) is 3. The average molecular weight is 395 g/mol. The van der Waals surface area contributed by atoms with Crippen molar-refractivity contribution in [3.8, 4) is 23.8 Å². The second-order valence-electron chi connectivity index (χ2n) is 6.77. The van der Waals surface area contributed by atoms with Gasteiger partial charge in [0, 0.05) is 13.7 Å². The summed E-state index contributed by atoms with van der Waals surface area (Å²) >= 11 is 0. The number of carbonyl (C=O) groups is 1. The van der Waals surface area contributed by atoms with E-state index >= 15 is 0 Å².